The molecular weight excluding hydrogens is 277 g/mol. The van der Waals surface area contributed by atoms with Crippen molar-refractivity contribution in [3.8, 4) is 0 Å². The number of allylic oxidation sites excluding steroid dienone is 4. The fourth-order valence-corrected chi connectivity index (χ4v) is 5.28. The molecule has 0 radical (unpaired) electrons. The van der Waals surface area contributed by atoms with Crippen LogP contribution in [0.4, 0.5) is 0 Å². The second-order valence-corrected chi connectivity index (χ2v) is 6.97. The first-order chi connectivity index (χ1) is 6.50. The zero-order chi connectivity index (χ0) is 10.9. The van der Waals surface area contributed by atoms with E-state index < -0.39 is 17.7 Å². The van der Waals surface area contributed by atoms with Crippen LogP contribution < -0.4 is 28.6 Å². The molecule has 0 fully saturated rings. The molecule has 0 aromatic carbocycles. The van der Waals surface area contributed by atoms with E-state index in [-0.39, 0.29) is 24.8 Å². The summed E-state index contributed by atoms with van der Waals surface area (Å²) in [5, 5.41) is 0. The molecule has 4 heteroatoms. The maximum atomic E-state index is 4.35. The van der Waals surface area contributed by atoms with Gasteiger partial charge in [0.15, 0.2) is 0 Å². The molecule has 16 heavy (non-hydrogen) atoms. The van der Waals surface area contributed by atoms with Crippen LogP contribution in [0.15, 0.2) is 20.6 Å². The number of hydrogen-bond acceptors (Lipinski definition) is 1. The summed E-state index contributed by atoms with van der Waals surface area (Å²) in [5.41, 5.74) is 4.56. The molecule has 0 amide bonds. The minimum atomic E-state index is -1.38. The summed E-state index contributed by atoms with van der Waals surface area (Å²) in [4.78, 5) is 4.35. The molecule has 1 rings (SSSR count). The van der Waals surface area contributed by atoms with Crippen molar-refractivity contribution in [3.05, 3.63) is 20.6 Å². The Morgan fingerprint density at radius 3 is 2.00 bits per heavy atom. The molecular formula is C12H21Cl2NTi. The molecule has 1 unspecified atom stereocenters. The minimum Gasteiger partial charge on any atom is -1.00 e. The average molecular weight is 298 g/mol. The van der Waals surface area contributed by atoms with Crippen molar-refractivity contribution in [2.75, 3.05) is 6.54 Å². The first kappa shape index (κ1) is 19.0. The van der Waals surface area contributed by atoms with E-state index >= 15 is 0 Å². The largest absolute Gasteiger partial charge is 1.00 e. The number of hydrogen-bond donors (Lipinski definition) is 1. The smallest absolute Gasteiger partial charge is 1.00 e. The summed E-state index contributed by atoms with van der Waals surface area (Å²) in [6.07, 6.45) is 0. The third-order valence-corrected chi connectivity index (χ3v) is 6.85. The van der Waals surface area contributed by atoms with E-state index in [1.807, 2.05) is 0 Å². The number of rotatable bonds is 3. The monoisotopic (exact) mass is 297 g/mol. The summed E-state index contributed by atoms with van der Waals surface area (Å²) in [5.74, 6) is 0.640. The van der Waals surface area contributed by atoms with Crippen LogP contribution in [0.5, 0.6) is 0 Å². The van der Waals surface area contributed by atoms with Gasteiger partial charge in [-0.25, -0.2) is 0 Å². The van der Waals surface area contributed by atoms with Gasteiger partial charge < -0.3 is 24.8 Å². The fourth-order valence-electron chi connectivity index (χ4n) is 2.16. The van der Waals surface area contributed by atoms with Gasteiger partial charge in [0, 0.05) is 0 Å². The van der Waals surface area contributed by atoms with Gasteiger partial charge in [0.05, 0.1) is 0 Å². The second kappa shape index (κ2) is 7.84. The maximum absolute atomic E-state index is 4.35. The van der Waals surface area contributed by atoms with Gasteiger partial charge in [-0.3, -0.25) is 0 Å². The van der Waals surface area contributed by atoms with Crippen molar-refractivity contribution in [1.29, 1.82) is 0 Å². The molecule has 0 heterocycles. The zero-order valence-corrected chi connectivity index (χ0v) is 13.8. The molecule has 0 saturated carbocycles. The van der Waals surface area contributed by atoms with Crippen LogP contribution in [-0.2, 0) is 17.7 Å². The summed E-state index contributed by atoms with van der Waals surface area (Å²) in [6.45, 7) is 12.3. The van der Waals surface area contributed by atoms with Gasteiger partial charge in [0.25, 0.3) is 0 Å². The third-order valence-electron chi connectivity index (χ3n) is 3.36. The Morgan fingerprint density at radius 1 is 1.19 bits per heavy atom. The summed E-state index contributed by atoms with van der Waals surface area (Å²) in [6, 6.07) is 0. The zero-order valence-electron chi connectivity index (χ0n) is 10.7. The molecule has 0 aromatic rings. The van der Waals surface area contributed by atoms with Crippen LogP contribution in [0, 0.1) is 5.92 Å². The summed E-state index contributed by atoms with van der Waals surface area (Å²) in [7, 11) is 0. The molecule has 0 spiro atoms. The minimum absolute atomic E-state index is 0. The summed E-state index contributed by atoms with van der Waals surface area (Å²) < 4.78 is 5.20. The maximum Gasteiger partial charge on any atom is -1.00 e. The Hall–Kier alpha value is 0.604. The van der Waals surface area contributed by atoms with E-state index in [9.17, 15) is 0 Å². The predicted octanol–water partition coefficient (Wildman–Crippen LogP) is -3.17. The average Bonchev–Trinajstić information content (AvgIpc) is 2.32. The Labute approximate surface area is 118 Å². The van der Waals surface area contributed by atoms with Gasteiger partial charge in [-0.15, -0.1) is 0 Å². The molecule has 0 aliphatic heterocycles. The van der Waals surface area contributed by atoms with Crippen LogP contribution >= 0.6 is 0 Å². The van der Waals surface area contributed by atoms with E-state index in [0.29, 0.717) is 5.92 Å². The Kier molecular flexibility index (Phi) is 9.29. The van der Waals surface area contributed by atoms with E-state index in [0.717, 1.165) is 6.54 Å². The van der Waals surface area contributed by atoms with Gasteiger partial charge in [-0.1, -0.05) is 0 Å². The van der Waals surface area contributed by atoms with Crippen molar-refractivity contribution >= 4 is 4.82 Å². The van der Waals surface area contributed by atoms with Gasteiger partial charge >= 0.3 is 94.0 Å². The fraction of sp³-hybridized carbons (Fsp3) is 0.583. The predicted molar refractivity (Wildman–Crippen MR) is 61.0 cm³/mol. The van der Waals surface area contributed by atoms with E-state index in [1.54, 1.807) is 9.45 Å². The quantitative estimate of drug-likeness (QED) is 0.542. The van der Waals surface area contributed by atoms with Crippen molar-refractivity contribution in [1.82, 2.24) is 3.80 Å². The van der Waals surface area contributed by atoms with E-state index in [1.165, 1.54) is 11.1 Å². The molecule has 0 bridgehead atoms. The van der Waals surface area contributed by atoms with Crippen molar-refractivity contribution in [2.45, 2.75) is 34.6 Å². The third kappa shape index (κ3) is 3.55. The molecule has 1 nitrogen and oxygen atoms in total. The first-order valence-electron chi connectivity index (χ1n) is 5.32. The Bertz CT molecular complexity index is 332. The van der Waals surface area contributed by atoms with Crippen LogP contribution in [0.2, 0.25) is 0 Å². The van der Waals surface area contributed by atoms with Crippen LogP contribution in [0.25, 0.3) is 0 Å². The normalized spacial score (nSPS) is 18.9. The molecule has 1 N–H and O–H groups in total. The summed E-state index contributed by atoms with van der Waals surface area (Å²) >= 11 is -1.38. The van der Waals surface area contributed by atoms with E-state index in [2.05, 4.69) is 43.2 Å². The first-order valence-corrected chi connectivity index (χ1v) is 7.98. The van der Waals surface area contributed by atoms with E-state index in [4.69, 9.17) is 0 Å². The molecule has 0 saturated heterocycles. The molecule has 0 aromatic heterocycles. The van der Waals surface area contributed by atoms with Gasteiger partial charge in [-0.05, 0) is 0 Å². The SMILES string of the molecule is [CH2]=[Ti+2]([NH]CC)[C]1=C(C)C(C)=C(C)C1C.[Cl-].[Cl-]. The van der Waals surface area contributed by atoms with Crippen LogP contribution in [0.3, 0.4) is 0 Å². The number of nitrogens with one attached hydrogen (secondary N) is 1. The van der Waals surface area contributed by atoms with Crippen molar-refractivity contribution in [2.24, 2.45) is 5.92 Å². The Morgan fingerprint density at radius 2 is 1.69 bits per heavy atom. The van der Waals surface area contributed by atoms with Crippen molar-refractivity contribution in [3.63, 3.8) is 0 Å². The topological polar surface area (TPSA) is 12.0 Å². The van der Waals surface area contributed by atoms with Gasteiger partial charge in [-0.2, -0.15) is 0 Å². The number of halogens is 2. The van der Waals surface area contributed by atoms with Gasteiger partial charge in [0.1, 0.15) is 0 Å². The standard InChI is InChI=1S/C9H13.C2H6N.CH2.2ClH.Ti/c1-6-5-7(2)9(4)8(6)3;1-2-3;;;;/h6H,1-4H3;3H,2H2,1H3;1H2;2*1H;/q;-1;;;;+3/p-2. The van der Waals surface area contributed by atoms with Crippen molar-refractivity contribution < 1.29 is 42.5 Å². The van der Waals surface area contributed by atoms with Crippen LogP contribution in [0.1, 0.15) is 34.6 Å². The van der Waals surface area contributed by atoms with Gasteiger partial charge in [0.2, 0.25) is 0 Å². The Balaban J connectivity index is 0. The molecule has 1 atom stereocenters. The second-order valence-electron chi connectivity index (χ2n) is 4.08. The molecule has 92 valence electrons. The molecule has 1 aliphatic rings. The van der Waals surface area contributed by atoms with Crippen LogP contribution in [-0.4, -0.2) is 11.4 Å². The molecule has 1 aliphatic carbocycles.